The second-order valence-electron chi connectivity index (χ2n) is 8.13. The third kappa shape index (κ3) is 3.97. The first kappa shape index (κ1) is 21.6. The second-order valence-corrected chi connectivity index (χ2v) is 8.54. The Hall–Kier alpha value is -4.23. The number of nitrogens with two attached hydrogens (primary N) is 2. The summed E-state index contributed by atoms with van der Waals surface area (Å²) >= 11 is 6.39. The van der Waals surface area contributed by atoms with Gasteiger partial charge in [-0.25, -0.2) is 4.98 Å². The Balaban J connectivity index is 1.75. The van der Waals surface area contributed by atoms with E-state index in [1.165, 1.54) is 4.57 Å². The van der Waals surface area contributed by atoms with Crippen LogP contribution < -0.4 is 22.3 Å². The zero-order valence-electron chi connectivity index (χ0n) is 17.9. The Morgan fingerprint density at radius 3 is 2.74 bits per heavy atom. The molecule has 3 aromatic heterocycles. The van der Waals surface area contributed by atoms with Crippen molar-refractivity contribution >= 4 is 40.1 Å². The highest BCUT2D eigenvalue weighted by atomic mass is 35.5. The summed E-state index contributed by atoms with van der Waals surface area (Å²) < 4.78 is 1.50. The molecule has 11 heteroatoms. The molecule has 0 spiro atoms. The van der Waals surface area contributed by atoms with Crippen LogP contribution in [0.4, 0.5) is 17.6 Å². The number of nitrogen functional groups attached to an aromatic ring is 2. The standard InChI is InChI=1S/C23H20ClN9O/c24-15-4-1-5-16-18(15)22(34)33(13-3-2-8-28-11-13)21(30-16)17(9-12-6-7-12)29-20-14(10-25)19(26)31-23(27)32-20/h1-5,8,11-12,17H,6-7,9H2,(H5,26,27,29,31,32). The smallest absolute Gasteiger partial charge is 0.267 e. The van der Waals surface area contributed by atoms with E-state index >= 15 is 0 Å². The van der Waals surface area contributed by atoms with Gasteiger partial charge in [-0.3, -0.25) is 14.3 Å². The Morgan fingerprint density at radius 1 is 1.21 bits per heavy atom. The molecular formula is C23H20ClN9O. The highest BCUT2D eigenvalue weighted by Gasteiger charge is 2.31. The van der Waals surface area contributed by atoms with Gasteiger partial charge in [0.1, 0.15) is 23.3 Å². The number of nitriles is 1. The largest absolute Gasteiger partial charge is 0.382 e. The molecule has 1 saturated carbocycles. The summed E-state index contributed by atoms with van der Waals surface area (Å²) in [5, 5.41) is 13.5. The van der Waals surface area contributed by atoms with Crippen LogP contribution in [0, 0.1) is 17.2 Å². The van der Waals surface area contributed by atoms with Gasteiger partial charge in [0.15, 0.2) is 5.82 Å². The van der Waals surface area contributed by atoms with E-state index in [0.717, 1.165) is 12.8 Å². The third-order valence-corrected chi connectivity index (χ3v) is 6.05. The van der Waals surface area contributed by atoms with Crippen LogP contribution in [-0.4, -0.2) is 24.5 Å². The lowest BCUT2D eigenvalue weighted by Gasteiger charge is -2.24. The van der Waals surface area contributed by atoms with E-state index in [0.29, 0.717) is 39.8 Å². The topological polar surface area (TPSA) is 161 Å². The Morgan fingerprint density at radius 2 is 2.03 bits per heavy atom. The summed E-state index contributed by atoms with van der Waals surface area (Å²) in [5.41, 5.74) is 12.5. The molecule has 1 aliphatic rings. The Kier molecular flexibility index (Phi) is 5.47. The van der Waals surface area contributed by atoms with Crippen LogP contribution in [0.1, 0.15) is 36.7 Å². The van der Waals surface area contributed by atoms with Crippen molar-refractivity contribution in [1.82, 2.24) is 24.5 Å². The lowest BCUT2D eigenvalue weighted by Crippen LogP contribution is -2.29. The van der Waals surface area contributed by atoms with E-state index in [2.05, 4.69) is 20.3 Å². The van der Waals surface area contributed by atoms with Crippen LogP contribution in [0.2, 0.25) is 5.02 Å². The van der Waals surface area contributed by atoms with E-state index in [-0.39, 0.29) is 28.7 Å². The summed E-state index contributed by atoms with van der Waals surface area (Å²) in [6.07, 6.45) is 6.00. The van der Waals surface area contributed by atoms with Gasteiger partial charge >= 0.3 is 0 Å². The monoisotopic (exact) mass is 473 g/mol. The number of hydrogen-bond donors (Lipinski definition) is 3. The molecule has 0 radical (unpaired) electrons. The highest BCUT2D eigenvalue weighted by molar-refractivity contribution is 6.35. The van der Waals surface area contributed by atoms with Gasteiger partial charge in [0.2, 0.25) is 5.95 Å². The summed E-state index contributed by atoms with van der Waals surface area (Å²) in [7, 11) is 0. The van der Waals surface area contributed by atoms with Crippen LogP contribution >= 0.6 is 11.6 Å². The van der Waals surface area contributed by atoms with Crippen molar-refractivity contribution in [3.8, 4) is 11.8 Å². The summed E-state index contributed by atoms with van der Waals surface area (Å²) in [4.78, 5) is 30.8. The molecule has 1 fully saturated rings. The van der Waals surface area contributed by atoms with Crippen LogP contribution in [0.3, 0.4) is 0 Å². The number of rotatable bonds is 6. The molecule has 4 aromatic rings. The minimum atomic E-state index is -0.482. The molecule has 0 amide bonds. The van der Waals surface area contributed by atoms with Crippen molar-refractivity contribution in [1.29, 1.82) is 5.26 Å². The van der Waals surface area contributed by atoms with Crippen molar-refractivity contribution in [3.63, 3.8) is 0 Å². The molecule has 1 unspecified atom stereocenters. The first-order valence-corrected chi connectivity index (χ1v) is 11.0. The van der Waals surface area contributed by atoms with Crippen molar-refractivity contribution < 1.29 is 0 Å². The average Bonchev–Trinajstić information content (AvgIpc) is 3.63. The zero-order valence-corrected chi connectivity index (χ0v) is 18.7. The number of nitrogens with zero attached hydrogens (tertiary/aromatic N) is 6. The van der Waals surface area contributed by atoms with Crippen molar-refractivity contribution in [2.24, 2.45) is 5.92 Å². The number of benzene rings is 1. The molecule has 1 atom stereocenters. The molecule has 34 heavy (non-hydrogen) atoms. The maximum atomic E-state index is 13.7. The maximum absolute atomic E-state index is 13.7. The molecule has 10 nitrogen and oxygen atoms in total. The molecule has 1 aliphatic carbocycles. The minimum absolute atomic E-state index is 0.0226. The van der Waals surface area contributed by atoms with Gasteiger partial charge in [-0.05, 0) is 36.6 Å². The van der Waals surface area contributed by atoms with Gasteiger partial charge in [0.25, 0.3) is 5.56 Å². The second kappa shape index (κ2) is 8.61. The fraction of sp³-hybridized carbons (Fsp3) is 0.217. The quantitative estimate of drug-likeness (QED) is 0.381. The van der Waals surface area contributed by atoms with Gasteiger partial charge in [-0.1, -0.05) is 30.5 Å². The zero-order chi connectivity index (χ0) is 23.8. The van der Waals surface area contributed by atoms with E-state index in [1.807, 2.05) is 6.07 Å². The van der Waals surface area contributed by atoms with Gasteiger partial charge in [-0.15, -0.1) is 0 Å². The van der Waals surface area contributed by atoms with Crippen molar-refractivity contribution in [3.05, 3.63) is 69.5 Å². The van der Waals surface area contributed by atoms with Crippen LogP contribution in [0.25, 0.3) is 16.6 Å². The molecule has 0 aliphatic heterocycles. The molecule has 5 rings (SSSR count). The summed E-state index contributed by atoms with van der Waals surface area (Å²) in [5.74, 6) is 0.988. The first-order chi connectivity index (χ1) is 16.5. The Labute approximate surface area is 199 Å². The normalized spacial score (nSPS) is 14.0. The van der Waals surface area contributed by atoms with E-state index < -0.39 is 6.04 Å². The Bertz CT molecular complexity index is 1490. The van der Waals surface area contributed by atoms with Crippen molar-refractivity contribution in [2.45, 2.75) is 25.3 Å². The number of anilines is 3. The highest BCUT2D eigenvalue weighted by Crippen LogP contribution is 2.39. The predicted molar refractivity (Wildman–Crippen MR) is 129 cm³/mol. The van der Waals surface area contributed by atoms with E-state index in [9.17, 15) is 10.1 Å². The fourth-order valence-electron chi connectivity index (χ4n) is 3.97. The van der Waals surface area contributed by atoms with Gasteiger partial charge in [0.05, 0.1) is 33.9 Å². The number of nitrogens with one attached hydrogen (secondary N) is 1. The molecule has 0 saturated heterocycles. The van der Waals surface area contributed by atoms with Crippen molar-refractivity contribution in [2.75, 3.05) is 16.8 Å². The van der Waals surface area contributed by atoms with Gasteiger partial charge in [-0.2, -0.15) is 15.2 Å². The lowest BCUT2D eigenvalue weighted by molar-refractivity contribution is 0.582. The lowest BCUT2D eigenvalue weighted by atomic mass is 10.1. The SMILES string of the molecule is N#Cc1c(N)nc(N)nc1NC(CC1CC1)c1nc2cccc(Cl)c2c(=O)n1-c1cccnc1. The predicted octanol–water partition coefficient (Wildman–Crippen LogP) is 3.21. The third-order valence-electron chi connectivity index (χ3n) is 5.73. The molecule has 170 valence electrons. The van der Waals surface area contributed by atoms with Gasteiger partial charge in [0, 0.05) is 6.20 Å². The number of halogens is 1. The number of aromatic nitrogens is 5. The summed E-state index contributed by atoms with van der Waals surface area (Å²) in [6.45, 7) is 0. The number of hydrogen-bond acceptors (Lipinski definition) is 9. The van der Waals surface area contributed by atoms with Gasteiger partial charge < -0.3 is 16.8 Å². The molecule has 1 aromatic carbocycles. The van der Waals surface area contributed by atoms with E-state index in [4.69, 9.17) is 28.1 Å². The van der Waals surface area contributed by atoms with Crippen LogP contribution in [0.15, 0.2) is 47.5 Å². The number of fused-ring (bicyclic) bond motifs is 1. The first-order valence-electron chi connectivity index (χ1n) is 10.7. The minimum Gasteiger partial charge on any atom is -0.382 e. The van der Waals surface area contributed by atoms with E-state index in [1.54, 1.807) is 42.7 Å². The van der Waals surface area contributed by atoms with Crippen LogP contribution in [0.5, 0.6) is 0 Å². The number of pyridine rings is 1. The molecule has 3 heterocycles. The average molecular weight is 474 g/mol. The molecule has 5 N–H and O–H groups in total. The fourth-order valence-corrected chi connectivity index (χ4v) is 4.22. The maximum Gasteiger partial charge on any atom is 0.267 e. The molecule has 0 bridgehead atoms. The van der Waals surface area contributed by atoms with Crippen LogP contribution in [-0.2, 0) is 0 Å². The summed E-state index contributed by atoms with van der Waals surface area (Å²) in [6, 6.07) is 10.2. The molecular weight excluding hydrogens is 454 g/mol.